The van der Waals surface area contributed by atoms with Crippen LogP contribution >= 0.6 is 27.5 Å². The summed E-state index contributed by atoms with van der Waals surface area (Å²) in [6.07, 6.45) is 0.629. The predicted molar refractivity (Wildman–Crippen MR) is 63.8 cm³/mol. The average molecular weight is 330 g/mol. The van der Waals surface area contributed by atoms with Gasteiger partial charge >= 0.3 is 0 Å². The highest BCUT2D eigenvalue weighted by molar-refractivity contribution is 9.10. The first-order valence-corrected chi connectivity index (χ1v) is 6.97. The molecule has 1 heterocycles. The molecule has 0 aliphatic rings. The third-order valence-corrected chi connectivity index (χ3v) is 3.92. The number of hydrogen-bond donors (Lipinski definition) is 2. The predicted octanol–water partition coefficient (Wildman–Crippen LogP) is 1.16. The number of rotatable bonds is 4. The van der Waals surface area contributed by atoms with Crippen molar-refractivity contribution in [1.29, 1.82) is 0 Å². The maximum absolute atomic E-state index is 11.7. The molecule has 1 rings (SSSR count). The summed E-state index contributed by atoms with van der Waals surface area (Å²) < 4.78 is 26.2. The summed E-state index contributed by atoms with van der Waals surface area (Å²) >= 11 is 8.79. The lowest BCUT2D eigenvalue weighted by molar-refractivity contribution is 0.198. The summed E-state index contributed by atoms with van der Waals surface area (Å²) in [6.45, 7) is 1.40. The highest BCUT2D eigenvalue weighted by Gasteiger charge is 2.19. The molecular weight excluding hydrogens is 320 g/mol. The van der Waals surface area contributed by atoms with Crippen molar-refractivity contribution in [2.24, 2.45) is 0 Å². The molecule has 1 aromatic heterocycles. The maximum atomic E-state index is 11.7. The number of nitrogens with one attached hydrogen (secondary N) is 1. The molecule has 0 amide bonds. The molecule has 0 aliphatic carbocycles. The Morgan fingerprint density at radius 2 is 2.31 bits per heavy atom. The highest BCUT2D eigenvalue weighted by Crippen LogP contribution is 2.22. The van der Waals surface area contributed by atoms with Gasteiger partial charge in [-0.1, -0.05) is 11.6 Å². The van der Waals surface area contributed by atoms with Crippen molar-refractivity contribution >= 4 is 37.6 Å². The van der Waals surface area contributed by atoms with Crippen molar-refractivity contribution in [2.45, 2.75) is 17.9 Å². The van der Waals surface area contributed by atoms with Crippen molar-refractivity contribution in [1.82, 2.24) is 9.71 Å². The largest absolute Gasteiger partial charge is 0.392 e. The van der Waals surface area contributed by atoms with Crippen LogP contribution in [0, 0.1) is 0 Å². The summed E-state index contributed by atoms with van der Waals surface area (Å²) in [5.41, 5.74) is 0. The average Bonchev–Trinajstić information content (AvgIpc) is 2.19. The first kappa shape index (κ1) is 13.9. The molecule has 0 bridgehead atoms. The number of aliphatic hydroxyl groups excluding tert-OH is 1. The first-order valence-electron chi connectivity index (χ1n) is 4.31. The quantitative estimate of drug-likeness (QED) is 0.812. The van der Waals surface area contributed by atoms with Gasteiger partial charge in [0.05, 0.1) is 6.10 Å². The van der Waals surface area contributed by atoms with Crippen LogP contribution in [0.2, 0.25) is 5.15 Å². The van der Waals surface area contributed by atoms with Gasteiger partial charge < -0.3 is 5.11 Å². The fraction of sp³-hybridized carbons (Fsp3) is 0.375. The Kier molecular flexibility index (Phi) is 4.69. The molecule has 0 saturated heterocycles. The van der Waals surface area contributed by atoms with E-state index in [-0.39, 0.29) is 16.6 Å². The third-order valence-electron chi connectivity index (χ3n) is 1.63. The van der Waals surface area contributed by atoms with Crippen molar-refractivity contribution in [2.75, 3.05) is 6.54 Å². The number of aromatic nitrogens is 1. The fourth-order valence-corrected chi connectivity index (χ4v) is 2.96. The van der Waals surface area contributed by atoms with E-state index in [1.165, 1.54) is 19.2 Å². The van der Waals surface area contributed by atoms with Crippen LogP contribution in [-0.2, 0) is 10.0 Å². The Bertz CT molecular complexity index is 478. The van der Waals surface area contributed by atoms with Crippen molar-refractivity contribution in [3.05, 3.63) is 21.9 Å². The Morgan fingerprint density at radius 1 is 1.69 bits per heavy atom. The second kappa shape index (κ2) is 5.42. The van der Waals surface area contributed by atoms with E-state index in [0.29, 0.717) is 4.47 Å². The second-order valence-corrected chi connectivity index (χ2v) is 6.15. The van der Waals surface area contributed by atoms with Crippen LogP contribution in [0.15, 0.2) is 21.6 Å². The molecule has 2 N–H and O–H groups in total. The van der Waals surface area contributed by atoms with Crippen LogP contribution < -0.4 is 4.72 Å². The second-order valence-electron chi connectivity index (χ2n) is 3.14. The van der Waals surface area contributed by atoms with Gasteiger partial charge in [0.2, 0.25) is 10.0 Å². The van der Waals surface area contributed by atoms with Gasteiger partial charge in [-0.25, -0.2) is 18.1 Å². The Morgan fingerprint density at radius 3 is 2.88 bits per heavy atom. The van der Waals surface area contributed by atoms with Crippen molar-refractivity contribution in [3.63, 3.8) is 0 Å². The smallest absolute Gasteiger partial charge is 0.243 e. The Labute approximate surface area is 107 Å². The lowest BCUT2D eigenvalue weighted by Crippen LogP contribution is -2.30. The molecule has 0 aromatic carbocycles. The van der Waals surface area contributed by atoms with Crippen LogP contribution in [0.3, 0.4) is 0 Å². The molecule has 0 saturated carbocycles. The van der Waals surface area contributed by atoms with Gasteiger partial charge in [-0.05, 0) is 28.9 Å². The lowest BCUT2D eigenvalue weighted by Gasteiger charge is -2.09. The first-order chi connectivity index (χ1) is 7.33. The summed E-state index contributed by atoms with van der Waals surface area (Å²) in [5.74, 6) is 0. The molecule has 1 aromatic rings. The minimum Gasteiger partial charge on any atom is -0.392 e. The highest BCUT2D eigenvalue weighted by atomic mass is 79.9. The summed E-state index contributed by atoms with van der Waals surface area (Å²) in [7, 11) is -3.74. The zero-order chi connectivity index (χ0) is 12.3. The van der Waals surface area contributed by atoms with Gasteiger partial charge in [0.15, 0.2) is 0 Å². The summed E-state index contributed by atoms with van der Waals surface area (Å²) in [6, 6.07) is 1.35. The fourth-order valence-electron chi connectivity index (χ4n) is 0.901. The van der Waals surface area contributed by atoms with Gasteiger partial charge in [-0.15, -0.1) is 0 Å². The topological polar surface area (TPSA) is 79.3 Å². The molecule has 0 radical (unpaired) electrons. The monoisotopic (exact) mass is 328 g/mol. The zero-order valence-electron chi connectivity index (χ0n) is 8.31. The number of halogens is 2. The number of aliphatic hydroxyl groups is 1. The van der Waals surface area contributed by atoms with E-state index in [9.17, 15) is 8.42 Å². The summed E-state index contributed by atoms with van der Waals surface area (Å²) in [4.78, 5) is 3.59. The number of pyridine rings is 1. The lowest BCUT2D eigenvalue weighted by atomic mass is 10.4. The third kappa shape index (κ3) is 3.67. The molecule has 16 heavy (non-hydrogen) atoms. The van der Waals surface area contributed by atoms with Crippen LogP contribution in [0.25, 0.3) is 0 Å². The molecule has 1 atom stereocenters. The zero-order valence-corrected chi connectivity index (χ0v) is 11.5. The van der Waals surface area contributed by atoms with Crippen LogP contribution in [-0.4, -0.2) is 31.2 Å². The van der Waals surface area contributed by atoms with E-state index in [1.807, 2.05) is 0 Å². The molecular formula is C8H10BrClN2O3S. The molecule has 0 fully saturated rings. The SMILES string of the molecule is C[C@H](O)CNS(=O)(=O)c1cc(Br)cnc1Cl. The Balaban J connectivity index is 3.02. The minimum atomic E-state index is -3.74. The van der Waals surface area contributed by atoms with Gasteiger partial charge in [0, 0.05) is 17.2 Å². The van der Waals surface area contributed by atoms with Crippen LogP contribution in [0.1, 0.15) is 6.92 Å². The van der Waals surface area contributed by atoms with Gasteiger partial charge in [-0.2, -0.15) is 0 Å². The van der Waals surface area contributed by atoms with Gasteiger partial charge in [-0.3, -0.25) is 0 Å². The van der Waals surface area contributed by atoms with Gasteiger partial charge in [0.25, 0.3) is 0 Å². The van der Waals surface area contributed by atoms with Crippen LogP contribution in [0.4, 0.5) is 0 Å². The van der Waals surface area contributed by atoms with E-state index < -0.39 is 16.1 Å². The molecule has 90 valence electrons. The van der Waals surface area contributed by atoms with E-state index in [4.69, 9.17) is 16.7 Å². The van der Waals surface area contributed by atoms with E-state index in [1.54, 1.807) is 0 Å². The van der Waals surface area contributed by atoms with Crippen molar-refractivity contribution in [3.8, 4) is 0 Å². The number of sulfonamides is 1. The van der Waals surface area contributed by atoms with Crippen molar-refractivity contribution < 1.29 is 13.5 Å². The van der Waals surface area contributed by atoms with E-state index in [2.05, 4.69) is 25.6 Å². The molecule has 0 unspecified atom stereocenters. The standard InChI is InChI=1S/C8H10BrClN2O3S/c1-5(13)3-12-16(14,15)7-2-6(9)4-11-8(7)10/h2,4-5,12-13H,3H2,1H3/t5-/m0/s1. The molecule has 5 nitrogen and oxygen atoms in total. The number of hydrogen-bond acceptors (Lipinski definition) is 4. The summed E-state index contributed by atoms with van der Waals surface area (Å²) in [5, 5.41) is 8.89. The van der Waals surface area contributed by atoms with Gasteiger partial charge in [0.1, 0.15) is 10.0 Å². The normalized spacial score (nSPS) is 13.8. The Hall–Kier alpha value is -0.210. The van der Waals surface area contributed by atoms with E-state index in [0.717, 1.165) is 0 Å². The van der Waals surface area contributed by atoms with Crippen LogP contribution in [0.5, 0.6) is 0 Å². The molecule has 0 aliphatic heterocycles. The minimum absolute atomic E-state index is 0.0782. The van der Waals surface area contributed by atoms with E-state index >= 15 is 0 Å². The molecule has 0 spiro atoms. The maximum Gasteiger partial charge on any atom is 0.243 e. The molecule has 8 heteroatoms. The number of nitrogens with zero attached hydrogens (tertiary/aromatic N) is 1.